The van der Waals surface area contributed by atoms with Gasteiger partial charge in [-0.2, -0.15) is 5.10 Å². The van der Waals surface area contributed by atoms with Crippen molar-refractivity contribution in [3.63, 3.8) is 0 Å². The Morgan fingerprint density at radius 3 is 2.89 bits per heavy atom. The number of halogens is 2. The van der Waals surface area contributed by atoms with Crippen LogP contribution in [0.5, 0.6) is 0 Å². The lowest BCUT2D eigenvalue weighted by Gasteiger charge is -2.26. The Morgan fingerprint density at radius 1 is 1.29 bits per heavy atom. The smallest absolute Gasteiger partial charge is 0.227 e. The van der Waals surface area contributed by atoms with E-state index < -0.39 is 11.6 Å². The van der Waals surface area contributed by atoms with E-state index in [1.807, 2.05) is 18.7 Å². The summed E-state index contributed by atoms with van der Waals surface area (Å²) < 4.78 is 29.6. The van der Waals surface area contributed by atoms with Gasteiger partial charge in [-0.15, -0.1) is 0 Å². The summed E-state index contributed by atoms with van der Waals surface area (Å²) in [7, 11) is 0. The molecule has 2 aromatic heterocycles. The summed E-state index contributed by atoms with van der Waals surface area (Å²) in [6.07, 6.45) is 4.87. The molecular weight excluding hydrogens is 364 g/mol. The molecule has 146 valence electrons. The van der Waals surface area contributed by atoms with Crippen molar-refractivity contribution < 1.29 is 13.6 Å². The summed E-state index contributed by atoms with van der Waals surface area (Å²) in [6, 6.07) is 5.04. The number of carbonyl (C=O) groups is 1. The van der Waals surface area contributed by atoms with Crippen molar-refractivity contribution >= 4 is 23.1 Å². The standard InChI is InChI=1S/C20H21F2N5O/c1-12(2)20(28)24-16-11-23-27-9-7-18(25-19(16)27)26-8-3-4-17(26)14-10-13(21)5-6-15(14)22/h5-7,9-12,17H,3-4,8H2,1-2H3,(H,24,28). The molecule has 1 fully saturated rings. The number of rotatable bonds is 4. The average molecular weight is 385 g/mol. The summed E-state index contributed by atoms with van der Waals surface area (Å²) in [5, 5.41) is 7.04. The fourth-order valence-electron chi connectivity index (χ4n) is 3.52. The number of carbonyl (C=O) groups excluding carboxylic acids is 1. The molecule has 1 aliphatic heterocycles. The molecule has 3 heterocycles. The third-order valence-corrected chi connectivity index (χ3v) is 5.00. The highest BCUT2D eigenvalue weighted by Crippen LogP contribution is 2.37. The van der Waals surface area contributed by atoms with Crippen LogP contribution in [0.4, 0.5) is 20.3 Å². The van der Waals surface area contributed by atoms with Gasteiger partial charge >= 0.3 is 0 Å². The second-order valence-electron chi connectivity index (χ2n) is 7.27. The van der Waals surface area contributed by atoms with E-state index in [1.54, 1.807) is 23.0 Å². The first-order valence-corrected chi connectivity index (χ1v) is 9.31. The van der Waals surface area contributed by atoms with Gasteiger partial charge in [0.25, 0.3) is 0 Å². The zero-order valence-corrected chi connectivity index (χ0v) is 15.7. The number of hydrogen-bond acceptors (Lipinski definition) is 4. The topological polar surface area (TPSA) is 62.5 Å². The van der Waals surface area contributed by atoms with Crippen molar-refractivity contribution in [3.05, 3.63) is 53.9 Å². The molecule has 1 N–H and O–H groups in total. The van der Waals surface area contributed by atoms with E-state index in [9.17, 15) is 13.6 Å². The van der Waals surface area contributed by atoms with Gasteiger partial charge in [0.05, 0.1) is 12.2 Å². The number of aromatic nitrogens is 3. The van der Waals surface area contributed by atoms with Crippen LogP contribution in [0.25, 0.3) is 5.65 Å². The predicted molar refractivity (Wildman–Crippen MR) is 102 cm³/mol. The minimum absolute atomic E-state index is 0.122. The molecule has 0 saturated carbocycles. The Balaban J connectivity index is 1.70. The van der Waals surface area contributed by atoms with Gasteiger partial charge in [0.1, 0.15) is 23.1 Å². The van der Waals surface area contributed by atoms with Crippen LogP contribution in [0.15, 0.2) is 36.7 Å². The van der Waals surface area contributed by atoms with Crippen molar-refractivity contribution in [2.45, 2.75) is 32.7 Å². The minimum atomic E-state index is -0.457. The number of hydrogen-bond donors (Lipinski definition) is 1. The van der Waals surface area contributed by atoms with Gasteiger partial charge in [-0.1, -0.05) is 13.8 Å². The Morgan fingerprint density at radius 2 is 2.11 bits per heavy atom. The molecule has 0 radical (unpaired) electrons. The van der Waals surface area contributed by atoms with Crippen molar-refractivity contribution in [2.75, 3.05) is 16.8 Å². The zero-order chi connectivity index (χ0) is 19.8. The van der Waals surface area contributed by atoms with Crippen LogP contribution in [0.3, 0.4) is 0 Å². The minimum Gasteiger partial charge on any atom is -0.349 e. The first kappa shape index (κ1) is 18.3. The normalized spacial score (nSPS) is 16.9. The molecule has 1 unspecified atom stereocenters. The van der Waals surface area contributed by atoms with E-state index in [1.165, 1.54) is 6.07 Å². The molecule has 0 spiro atoms. The van der Waals surface area contributed by atoms with Crippen LogP contribution >= 0.6 is 0 Å². The molecule has 28 heavy (non-hydrogen) atoms. The number of benzene rings is 1. The maximum absolute atomic E-state index is 14.3. The Bertz CT molecular complexity index is 1030. The molecule has 1 saturated heterocycles. The van der Waals surface area contributed by atoms with Gasteiger partial charge in [0.2, 0.25) is 5.91 Å². The summed E-state index contributed by atoms with van der Waals surface area (Å²) in [6.45, 7) is 4.30. The first-order valence-electron chi connectivity index (χ1n) is 9.31. The Kier molecular flexibility index (Phi) is 4.70. The summed E-state index contributed by atoms with van der Waals surface area (Å²) in [5.74, 6) is -0.533. The fraction of sp³-hybridized carbons (Fsp3) is 0.350. The van der Waals surface area contributed by atoms with Gasteiger partial charge < -0.3 is 10.2 Å². The monoisotopic (exact) mass is 385 g/mol. The van der Waals surface area contributed by atoms with Gasteiger partial charge in [-0.05, 0) is 37.1 Å². The van der Waals surface area contributed by atoms with Crippen LogP contribution in [-0.4, -0.2) is 27.0 Å². The SMILES string of the molecule is CC(C)C(=O)Nc1cnn2ccc(N3CCCC3c3cc(F)ccc3F)nc12. The molecule has 0 aliphatic carbocycles. The largest absolute Gasteiger partial charge is 0.349 e. The number of amides is 1. The summed E-state index contributed by atoms with van der Waals surface area (Å²) >= 11 is 0. The molecule has 1 atom stereocenters. The van der Waals surface area contributed by atoms with Gasteiger partial charge in [0, 0.05) is 24.2 Å². The lowest BCUT2D eigenvalue weighted by Crippen LogP contribution is -2.24. The van der Waals surface area contributed by atoms with Crippen molar-refractivity contribution in [2.24, 2.45) is 5.92 Å². The maximum atomic E-state index is 14.3. The third-order valence-electron chi connectivity index (χ3n) is 5.00. The average Bonchev–Trinajstić information content (AvgIpc) is 3.30. The number of nitrogens with one attached hydrogen (secondary N) is 1. The van der Waals surface area contributed by atoms with Crippen LogP contribution in [0.1, 0.15) is 38.3 Å². The lowest BCUT2D eigenvalue weighted by molar-refractivity contribution is -0.118. The van der Waals surface area contributed by atoms with Crippen LogP contribution in [0, 0.1) is 17.6 Å². The first-order chi connectivity index (χ1) is 13.4. The van der Waals surface area contributed by atoms with E-state index in [0.717, 1.165) is 18.6 Å². The van der Waals surface area contributed by atoms with Crippen molar-refractivity contribution in [3.8, 4) is 0 Å². The quantitative estimate of drug-likeness (QED) is 0.739. The van der Waals surface area contributed by atoms with E-state index in [0.29, 0.717) is 35.7 Å². The second-order valence-corrected chi connectivity index (χ2v) is 7.27. The fourth-order valence-corrected chi connectivity index (χ4v) is 3.52. The molecule has 3 aromatic rings. The number of nitrogens with zero attached hydrogens (tertiary/aromatic N) is 4. The molecule has 4 rings (SSSR count). The highest BCUT2D eigenvalue weighted by molar-refractivity contribution is 5.95. The second kappa shape index (κ2) is 7.18. The molecular formula is C20H21F2N5O. The summed E-state index contributed by atoms with van der Waals surface area (Å²) in [5.41, 5.74) is 1.37. The Labute approximate surface area is 161 Å². The molecule has 6 nitrogen and oxygen atoms in total. The number of fused-ring (bicyclic) bond motifs is 1. The summed E-state index contributed by atoms with van der Waals surface area (Å²) in [4.78, 5) is 18.7. The molecule has 8 heteroatoms. The lowest BCUT2D eigenvalue weighted by atomic mass is 10.0. The third kappa shape index (κ3) is 3.30. The predicted octanol–water partition coefficient (Wildman–Crippen LogP) is 3.94. The molecule has 1 amide bonds. The van der Waals surface area contributed by atoms with Crippen LogP contribution < -0.4 is 10.2 Å². The Hall–Kier alpha value is -3.03. The van der Waals surface area contributed by atoms with E-state index in [-0.39, 0.29) is 17.9 Å². The van der Waals surface area contributed by atoms with Crippen LogP contribution in [-0.2, 0) is 4.79 Å². The molecule has 1 aliphatic rings. The number of anilines is 2. The molecule has 1 aromatic carbocycles. The highest BCUT2D eigenvalue weighted by Gasteiger charge is 2.30. The zero-order valence-electron chi connectivity index (χ0n) is 15.7. The van der Waals surface area contributed by atoms with Gasteiger partial charge in [-0.25, -0.2) is 18.3 Å². The van der Waals surface area contributed by atoms with E-state index in [4.69, 9.17) is 0 Å². The van der Waals surface area contributed by atoms with Gasteiger partial charge in [0.15, 0.2) is 5.65 Å². The van der Waals surface area contributed by atoms with Crippen LogP contribution in [0.2, 0.25) is 0 Å². The van der Waals surface area contributed by atoms with E-state index in [2.05, 4.69) is 15.4 Å². The van der Waals surface area contributed by atoms with E-state index >= 15 is 0 Å². The van der Waals surface area contributed by atoms with Crippen molar-refractivity contribution in [1.82, 2.24) is 14.6 Å². The molecule has 0 bridgehead atoms. The highest BCUT2D eigenvalue weighted by atomic mass is 19.1. The van der Waals surface area contributed by atoms with Gasteiger partial charge in [-0.3, -0.25) is 4.79 Å². The van der Waals surface area contributed by atoms with Crippen molar-refractivity contribution in [1.29, 1.82) is 0 Å². The maximum Gasteiger partial charge on any atom is 0.227 e.